The molecule has 0 saturated carbocycles. The van der Waals surface area contributed by atoms with Gasteiger partial charge in [-0.15, -0.1) is 11.3 Å². The third-order valence-electron chi connectivity index (χ3n) is 3.02. The summed E-state index contributed by atoms with van der Waals surface area (Å²) in [6.45, 7) is 3.68. The van der Waals surface area contributed by atoms with Crippen molar-refractivity contribution in [1.29, 1.82) is 0 Å². The molecule has 7 heteroatoms. The fraction of sp³-hybridized carbons (Fsp3) is 0.176. The van der Waals surface area contributed by atoms with Gasteiger partial charge in [0.25, 0.3) is 11.8 Å². The first kappa shape index (κ1) is 18.2. The van der Waals surface area contributed by atoms with Gasteiger partial charge in [-0.3, -0.25) is 20.4 Å². The number of amides is 2. The van der Waals surface area contributed by atoms with Crippen LogP contribution in [0.25, 0.3) is 6.08 Å². The van der Waals surface area contributed by atoms with Gasteiger partial charge in [-0.25, -0.2) is 0 Å². The molecule has 2 rings (SSSR count). The van der Waals surface area contributed by atoms with Crippen molar-refractivity contribution in [2.24, 2.45) is 0 Å². The molecule has 24 heavy (non-hydrogen) atoms. The second-order valence-corrected chi connectivity index (χ2v) is 7.56. The number of hydrazine groups is 1. The minimum Gasteiger partial charge on any atom is -0.483 e. The number of benzene rings is 1. The summed E-state index contributed by atoms with van der Waals surface area (Å²) in [5, 5.41) is 0. The van der Waals surface area contributed by atoms with Crippen molar-refractivity contribution >= 4 is 45.2 Å². The molecular weight excluding hydrogens is 392 g/mol. The monoisotopic (exact) mass is 408 g/mol. The first-order valence-corrected chi connectivity index (χ1v) is 8.77. The summed E-state index contributed by atoms with van der Waals surface area (Å²) in [4.78, 5) is 24.3. The van der Waals surface area contributed by atoms with E-state index in [1.54, 1.807) is 6.08 Å². The number of hydrogen-bond donors (Lipinski definition) is 2. The molecular formula is C17H17BrN2O3S. The molecule has 1 aromatic carbocycles. The Balaban J connectivity index is 1.75. The van der Waals surface area contributed by atoms with Crippen molar-refractivity contribution in [2.45, 2.75) is 13.8 Å². The number of hydrogen-bond acceptors (Lipinski definition) is 4. The lowest BCUT2D eigenvalue weighted by atomic mass is 10.1. The predicted octanol–water partition coefficient (Wildman–Crippen LogP) is 3.37. The summed E-state index contributed by atoms with van der Waals surface area (Å²) in [6.07, 6.45) is 3.02. The Morgan fingerprint density at radius 2 is 2.00 bits per heavy atom. The van der Waals surface area contributed by atoms with Crippen molar-refractivity contribution in [2.75, 3.05) is 6.61 Å². The summed E-state index contributed by atoms with van der Waals surface area (Å²) in [5.41, 5.74) is 6.61. The van der Waals surface area contributed by atoms with Gasteiger partial charge in [-0.05, 0) is 65.2 Å². The molecule has 5 nitrogen and oxygen atoms in total. The molecule has 2 amide bonds. The quantitative estimate of drug-likeness (QED) is 0.588. The Morgan fingerprint density at radius 1 is 1.21 bits per heavy atom. The fourth-order valence-corrected chi connectivity index (χ4v) is 3.12. The molecule has 0 unspecified atom stereocenters. The fourth-order valence-electron chi connectivity index (χ4n) is 1.79. The number of carbonyl (C=O) groups is 2. The highest BCUT2D eigenvalue weighted by Crippen LogP contribution is 2.22. The molecule has 1 aromatic heterocycles. The first-order valence-electron chi connectivity index (χ1n) is 7.16. The second kappa shape index (κ2) is 8.65. The van der Waals surface area contributed by atoms with E-state index < -0.39 is 11.8 Å². The maximum atomic E-state index is 11.7. The number of nitrogens with one attached hydrogen (secondary N) is 2. The van der Waals surface area contributed by atoms with Crippen molar-refractivity contribution in [1.82, 2.24) is 10.9 Å². The van der Waals surface area contributed by atoms with E-state index in [2.05, 4.69) is 26.8 Å². The molecule has 0 spiro atoms. The molecule has 1 heterocycles. The Bertz CT molecular complexity index is 771. The van der Waals surface area contributed by atoms with Crippen LogP contribution in [0.3, 0.4) is 0 Å². The standard InChI is InChI=1S/C17H17BrN2O3S/c1-11-3-4-12(2)14(9-11)23-10-17(22)20-19-16(21)8-6-13-5-7-15(18)24-13/h3-9H,10H2,1-2H3,(H,19,21)(H,20,22)/b8-6+. The Morgan fingerprint density at radius 3 is 2.71 bits per heavy atom. The van der Waals surface area contributed by atoms with Crippen LogP contribution in [0.4, 0.5) is 0 Å². The second-order valence-electron chi connectivity index (χ2n) is 5.07. The molecule has 126 valence electrons. The SMILES string of the molecule is Cc1ccc(C)c(OCC(=O)NNC(=O)/C=C/c2ccc(Br)s2)c1. The topological polar surface area (TPSA) is 67.4 Å². The van der Waals surface area contributed by atoms with Gasteiger partial charge in [-0.2, -0.15) is 0 Å². The largest absolute Gasteiger partial charge is 0.483 e. The van der Waals surface area contributed by atoms with E-state index in [0.717, 1.165) is 19.8 Å². The molecule has 0 saturated heterocycles. The molecule has 0 bridgehead atoms. The zero-order chi connectivity index (χ0) is 17.5. The highest BCUT2D eigenvalue weighted by Gasteiger charge is 2.06. The number of halogens is 1. The first-order chi connectivity index (χ1) is 11.4. The minimum absolute atomic E-state index is 0.174. The lowest BCUT2D eigenvalue weighted by Gasteiger charge is -2.10. The van der Waals surface area contributed by atoms with Gasteiger partial charge < -0.3 is 4.74 Å². The van der Waals surface area contributed by atoms with Crippen LogP contribution in [0.2, 0.25) is 0 Å². The van der Waals surface area contributed by atoms with Gasteiger partial charge in [0.2, 0.25) is 0 Å². The van der Waals surface area contributed by atoms with E-state index in [1.165, 1.54) is 17.4 Å². The van der Waals surface area contributed by atoms with Crippen LogP contribution < -0.4 is 15.6 Å². The van der Waals surface area contributed by atoms with Crippen molar-refractivity contribution in [3.8, 4) is 5.75 Å². The van der Waals surface area contributed by atoms with Crippen LogP contribution in [-0.2, 0) is 9.59 Å². The molecule has 0 fully saturated rings. The predicted molar refractivity (Wildman–Crippen MR) is 98.7 cm³/mol. The van der Waals surface area contributed by atoms with Crippen LogP contribution in [-0.4, -0.2) is 18.4 Å². The van der Waals surface area contributed by atoms with Gasteiger partial charge in [0.05, 0.1) is 3.79 Å². The van der Waals surface area contributed by atoms with E-state index in [-0.39, 0.29) is 6.61 Å². The van der Waals surface area contributed by atoms with Crippen LogP contribution in [0.5, 0.6) is 5.75 Å². The van der Waals surface area contributed by atoms with Crippen LogP contribution in [0, 0.1) is 13.8 Å². The lowest BCUT2D eigenvalue weighted by molar-refractivity contribution is -0.128. The minimum atomic E-state index is -0.434. The van der Waals surface area contributed by atoms with Gasteiger partial charge >= 0.3 is 0 Å². The zero-order valence-electron chi connectivity index (χ0n) is 13.3. The summed E-state index contributed by atoms with van der Waals surface area (Å²) >= 11 is 4.85. The van der Waals surface area contributed by atoms with Crippen molar-refractivity contribution < 1.29 is 14.3 Å². The van der Waals surface area contributed by atoms with Crippen LogP contribution in [0.15, 0.2) is 40.2 Å². The summed E-state index contributed by atoms with van der Waals surface area (Å²) in [5.74, 6) is -0.198. The third-order valence-corrected chi connectivity index (χ3v) is 4.61. The average molecular weight is 409 g/mol. The molecule has 2 N–H and O–H groups in total. The smallest absolute Gasteiger partial charge is 0.276 e. The van der Waals surface area contributed by atoms with Gasteiger partial charge in [0, 0.05) is 11.0 Å². The highest BCUT2D eigenvalue weighted by atomic mass is 79.9. The molecule has 0 radical (unpaired) electrons. The zero-order valence-corrected chi connectivity index (χ0v) is 15.7. The normalized spacial score (nSPS) is 10.6. The molecule has 0 aliphatic rings. The van der Waals surface area contributed by atoms with Crippen LogP contribution >= 0.6 is 27.3 Å². The van der Waals surface area contributed by atoms with Crippen molar-refractivity contribution in [3.05, 3.63) is 56.2 Å². The number of aryl methyl sites for hydroxylation is 2. The van der Waals surface area contributed by atoms with E-state index in [4.69, 9.17) is 4.74 Å². The van der Waals surface area contributed by atoms with E-state index >= 15 is 0 Å². The summed E-state index contributed by atoms with van der Waals surface area (Å²) in [6, 6.07) is 9.55. The molecule has 0 atom stereocenters. The maximum absolute atomic E-state index is 11.7. The van der Waals surface area contributed by atoms with Gasteiger partial charge in [0.15, 0.2) is 6.61 Å². The maximum Gasteiger partial charge on any atom is 0.276 e. The third kappa shape index (κ3) is 5.82. The average Bonchev–Trinajstić information content (AvgIpc) is 2.97. The Labute approximate surface area is 152 Å². The van der Waals surface area contributed by atoms with E-state index in [0.29, 0.717) is 5.75 Å². The lowest BCUT2D eigenvalue weighted by Crippen LogP contribution is -2.43. The van der Waals surface area contributed by atoms with Gasteiger partial charge in [0.1, 0.15) is 5.75 Å². The number of carbonyl (C=O) groups excluding carboxylic acids is 2. The number of thiophene rings is 1. The summed E-state index contributed by atoms with van der Waals surface area (Å²) < 4.78 is 6.44. The van der Waals surface area contributed by atoms with Gasteiger partial charge in [-0.1, -0.05) is 12.1 Å². The Kier molecular flexibility index (Phi) is 6.57. The van der Waals surface area contributed by atoms with Crippen LogP contribution in [0.1, 0.15) is 16.0 Å². The van der Waals surface area contributed by atoms with E-state index in [9.17, 15) is 9.59 Å². The number of ether oxygens (including phenoxy) is 1. The highest BCUT2D eigenvalue weighted by molar-refractivity contribution is 9.11. The Hall–Kier alpha value is -2.12. The number of rotatable bonds is 5. The van der Waals surface area contributed by atoms with E-state index in [1.807, 2.05) is 44.2 Å². The molecule has 0 aliphatic heterocycles. The summed E-state index contributed by atoms with van der Waals surface area (Å²) in [7, 11) is 0. The molecule has 2 aromatic rings. The van der Waals surface area contributed by atoms with Crippen molar-refractivity contribution in [3.63, 3.8) is 0 Å². The molecule has 0 aliphatic carbocycles.